The summed E-state index contributed by atoms with van der Waals surface area (Å²) in [7, 11) is 0. The fraction of sp³-hybridized carbons (Fsp3) is 0.545. The van der Waals surface area contributed by atoms with Gasteiger partial charge in [0.05, 0.1) is 6.54 Å². The first-order valence-corrected chi connectivity index (χ1v) is 5.03. The fourth-order valence-corrected chi connectivity index (χ4v) is 1.38. The number of likely N-dealkylation sites (N-methyl/N-ethyl adjacent to an activating group) is 1. The summed E-state index contributed by atoms with van der Waals surface area (Å²) in [5.41, 5.74) is 0. The number of pyridine rings is 1. The minimum absolute atomic E-state index is 0. The van der Waals surface area contributed by atoms with Gasteiger partial charge in [0.2, 0.25) is 0 Å². The van der Waals surface area contributed by atoms with Crippen LogP contribution in [0.5, 0.6) is 0 Å². The van der Waals surface area contributed by atoms with Crippen molar-refractivity contribution in [2.24, 2.45) is 0 Å². The zero-order chi connectivity index (χ0) is 9.52. The van der Waals surface area contributed by atoms with Crippen LogP contribution in [-0.2, 0) is 6.54 Å². The molecule has 2 nitrogen and oxygen atoms in total. The van der Waals surface area contributed by atoms with Crippen LogP contribution in [0.1, 0.15) is 13.8 Å². The first-order chi connectivity index (χ1) is 6.36. The maximum atomic E-state index is 2.43. The Bertz CT molecular complexity index is 225. The number of halogens is 2. The molecule has 0 atom stereocenters. The second kappa shape index (κ2) is 10.6. The number of rotatable bonds is 5. The second-order valence-electron chi connectivity index (χ2n) is 3.14. The van der Waals surface area contributed by atoms with Gasteiger partial charge in [-0.05, 0) is 13.1 Å². The average Bonchev–Trinajstić information content (AvgIpc) is 2.21. The molecule has 15 heavy (non-hydrogen) atoms. The van der Waals surface area contributed by atoms with Gasteiger partial charge in [0, 0.05) is 12.1 Å². The van der Waals surface area contributed by atoms with Crippen LogP contribution in [0, 0.1) is 0 Å². The summed E-state index contributed by atoms with van der Waals surface area (Å²) in [5.74, 6) is 0. The van der Waals surface area contributed by atoms with Gasteiger partial charge in [-0.25, -0.2) is 4.57 Å². The Balaban J connectivity index is 0. The standard InChI is InChI=1S/C11H19N2.2BrH/c1-3-12(4-2)10-11-13-8-6-5-7-9-13;;/h5-9H,3-4,10-11H2,1-2H3;2*1H/q+1;;/p-1. The van der Waals surface area contributed by atoms with Crippen LogP contribution >= 0.6 is 17.0 Å². The molecule has 0 radical (unpaired) electrons. The third-order valence-electron chi connectivity index (χ3n) is 2.35. The lowest BCUT2D eigenvalue weighted by Gasteiger charge is -2.15. The molecule has 0 unspecified atom stereocenters. The highest BCUT2D eigenvalue weighted by molar-refractivity contribution is 8.93. The highest BCUT2D eigenvalue weighted by Crippen LogP contribution is 1.85. The van der Waals surface area contributed by atoms with Crippen LogP contribution in [-0.4, -0.2) is 24.5 Å². The van der Waals surface area contributed by atoms with Crippen LogP contribution in [0.15, 0.2) is 30.6 Å². The van der Waals surface area contributed by atoms with Gasteiger partial charge < -0.3 is 17.0 Å². The number of aromatic nitrogens is 1. The van der Waals surface area contributed by atoms with E-state index in [0.29, 0.717) is 0 Å². The molecule has 0 saturated heterocycles. The van der Waals surface area contributed by atoms with Crippen molar-refractivity contribution in [2.45, 2.75) is 20.4 Å². The third kappa shape index (κ3) is 7.03. The van der Waals surface area contributed by atoms with Crippen LogP contribution in [0.3, 0.4) is 0 Å². The van der Waals surface area contributed by atoms with Gasteiger partial charge in [-0.15, -0.1) is 17.0 Å². The van der Waals surface area contributed by atoms with E-state index in [9.17, 15) is 0 Å². The summed E-state index contributed by atoms with van der Waals surface area (Å²) in [6, 6.07) is 6.19. The fourth-order valence-electron chi connectivity index (χ4n) is 1.38. The maximum Gasteiger partial charge on any atom is 0.168 e. The van der Waals surface area contributed by atoms with Gasteiger partial charge in [0.1, 0.15) is 0 Å². The molecule has 4 heteroatoms. The summed E-state index contributed by atoms with van der Waals surface area (Å²) in [5, 5.41) is 0. The van der Waals surface area contributed by atoms with E-state index in [-0.39, 0.29) is 34.0 Å². The Kier molecular flexibility index (Phi) is 12.3. The molecule has 0 aliphatic carbocycles. The zero-order valence-corrected chi connectivity index (χ0v) is 12.7. The number of hydrogen-bond donors (Lipinski definition) is 0. The van der Waals surface area contributed by atoms with Crippen molar-refractivity contribution in [3.8, 4) is 0 Å². The first kappa shape index (κ1) is 17.5. The molecule has 0 aliphatic rings. The van der Waals surface area contributed by atoms with Crippen molar-refractivity contribution in [3.05, 3.63) is 30.6 Å². The topological polar surface area (TPSA) is 7.12 Å². The van der Waals surface area contributed by atoms with E-state index in [2.05, 4.69) is 47.8 Å². The largest absolute Gasteiger partial charge is 1.00 e. The van der Waals surface area contributed by atoms with Gasteiger partial charge in [-0.1, -0.05) is 19.9 Å². The molecule has 1 aromatic heterocycles. The van der Waals surface area contributed by atoms with Crippen LogP contribution in [0.2, 0.25) is 0 Å². The predicted octanol–water partition coefficient (Wildman–Crippen LogP) is -1.10. The van der Waals surface area contributed by atoms with Gasteiger partial charge in [0.25, 0.3) is 0 Å². The van der Waals surface area contributed by atoms with Crippen molar-refractivity contribution in [1.29, 1.82) is 0 Å². The van der Waals surface area contributed by atoms with Crippen molar-refractivity contribution in [3.63, 3.8) is 0 Å². The average molecular weight is 340 g/mol. The molecule has 0 spiro atoms. The number of nitrogens with zero attached hydrogens (tertiary/aromatic N) is 2. The Hall–Kier alpha value is 0.0700. The summed E-state index contributed by atoms with van der Waals surface area (Å²) >= 11 is 0. The molecule has 0 amide bonds. The minimum Gasteiger partial charge on any atom is -1.00 e. The molecule has 1 heterocycles. The monoisotopic (exact) mass is 338 g/mol. The van der Waals surface area contributed by atoms with Crippen molar-refractivity contribution in [1.82, 2.24) is 4.90 Å². The quantitative estimate of drug-likeness (QED) is 0.618. The number of hydrogen-bond acceptors (Lipinski definition) is 1. The Morgan fingerprint density at radius 2 is 1.53 bits per heavy atom. The van der Waals surface area contributed by atoms with Crippen molar-refractivity contribution >= 4 is 17.0 Å². The highest BCUT2D eigenvalue weighted by atomic mass is 79.9. The molecule has 0 aliphatic heterocycles. The summed E-state index contributed by atoms with van der Waals surface area (Å²) in [6.45, 7) is 8.93. The predicted molar refractivity (Wildman–Crippen MR) is 64.7 cm³/mol. The van der Waals surface area contributed by atoms with E-state index < -0.39 is 0 Å². The summed E-state index contributed by atoms with van der Waals surface area (Å²) < 4.78 is 2.22. The molecule has 0 bridgehead atoms. The Labute approximate surface area is 114 Å². The van der Waals surface area contributed by atoms with Crippen LogP contribution in [0.4, 0.5) is 0 Å². The SMILES string of the molecule is Br.CCN(CC)CC[n+]1ccccc1.[Br-]. The third-order valence-corrected chi connectivity index (χ3v) is 2.35. The summed E-state index contributed by atoms with van der Waals surface area (Å²) in [6.07, 6.45) is 4.23. The zero-order valence-electron chi connectivity index (χ0n) is 9.40. The Morgan fingerprint density at radius 3 is 2.00 bits per heavy atom. The molecule has 1 rings (SSSR count). The Morgan fingerprint density at radius 1 is 1.00 bits per heavy atom. The minimum atomic E-state index is 0. The van der Waals surface area contributed by atoms with Crippen molar-refractivity contribution < 1.29 is 21.5 Å². The van der Waals surface area contributed by atoms with Crippen LogP contribution < -0.4 is 21.5 Å². The van der Waals surface area contributed by atoms with Gasteiger partial charge in [-0.3, -0.25) is 4.90 Å². The van der Waals surface area contributed by atoms with Crippen molar-refractivity contribution in [2.75, 3.05) is 19.6 Å². The van der Waals surface area contributed by atoms with Gasteiger partial charge in [0.15, 0.2) is 18.9 Å². The molecular weight excluding hydrogens is 320 g/mol. The smallest absolute Gasteiger partial charge is 0.168 e. The van der Waals surface area contributed by atoms with E-state index in [0.717, 1.165) is 26.2 Å². The lowest BCUT2D eigenvalue weighted by Crippen LogP contribution is -3.00. The second-order valence-corrected chi connectivity index (χ2v) is 3.14. The van der Waals surface area contributed by atoms with Gasteiger partial charge in [-0.2, -0.15) is 0 Å². The molecule has 88 valence electrons. The molecule has 1 aromatic rings. The highest BCUT2D eigenvalue weighted by Gasteiger charge is 2.02. The molecule has 0 aromatic carbocycles. The van der Waals surface area contributed by atoms with E-state index in [1.165, 1.54) is 0 Å². The summed E-state index contributed by atoms with van der Waals surface area (Å²) in [4.78, 5) is 2.43. The molecule has 0 N–H and O–H groups in total. The van der Waals surface area contributed by atoms with E-state index in [4.69, 9.17) is 0 Å². The molecular formula is C11H20Br2N2. The normalized spacial score (nSPS) is 9.27. The lowest BCUT2D eigenvalue weighted by atomic mass is 10.4. The first-order valence-electron chi connectivity index (χ1n) is 5.03. The van der Waals surface area contributed by atoms with Gasteiger partial charge >= 0.3 is 0 Å². The maximum absolute atomic E-state index is 2.43. The molecule has 0 saturated carbocycles. The van der Waals surface area contributed by atoms with E-state index in [1.807, 2.05) is 6.07 Å². The van der Waals surface area contributed by atoms with E-state index >= 15 is 0 Å². The van der Waals surface area contributed by atoms with Crippen LogP contribution in [0.25, 0.3) is 0 Å². The van der Waals surface area contributed by atoms with E-state index in [1.54, 1.807) is 0 Å². The lowest BCUT2D eigenvalue weighted by molar-refractivity contribution is -0.696. The molecule has 0 fully saturated rings.